The number of nitrogens with zero attached hydrogens (tertiary/aromatic N) is 2. The number of nitrogens with one attached hydrogen (secondary N) is 1. The predicted molar refractivity (Wildman–Crippen MR) is 78.6 cm³/mol. The molecule has 1 amide bonds. The molecule has 0 bridgehead atoms. The van der Waals surface area contributed by atoms with E-state index in [1.165, 1.54) is 4.57 Å². The van der Waals surface area contributed by atoms with Gasteiger partial charge in [0.1, 0.15) is 6.54 Å². The number of rotatable bonds is 4. The molecule has 0 aliphatic heterocycles. The zero-order valence-electron chi connectivity index (χ0n) is 11.5. The second kappa shape index (κ2) is 5.64. The highest BCUT2D eigenvalue weighted by Gasteiger charge is 2.09. The number of imidazole rings is 1. The van der Waals surface area contributed by atoms with Crippen LogP contribution in [0, 0.1) is 0 Å². The van der Waals surface area contributed by atoms with Crippen LogP contribution in [0.4, 0.5) is 11.4 Å². The normalized spacial score (nSPS) is 10.8. The minimum atomic E-state index is -0.252. The fourth-order valence-corrected chi connectivity index (χ4v) is 1.86. The van der Waals surface area contributed by atoms with Crippen LogP contribution >= 0.6 is 0 Å². The van der Waals surface area contributed by atoms with E-state index in [9.17, 15) is 9.59 Å². The maximum absolute atomic E-state index is 12.0. The van der Waals surface area contributed by atoms with Crippen LogP contribution in [0.3, 0.4) is 0 Å². The third kappa shape index (κ3) is 3.09. The molecule has 6 heteroatoms. The van der Waals surface area contributed by atoms with E-state index in [0.29, 0.717) is 11.4 Å². The van der Waals surface area contributed by atoms with Crippen LogP contribution in [0.5, 0.6) is 0 Å². The molecule has 0 aliphatic rings. The summed E-state index contributed by atoms with van der Waals surface area (Å²) in [7, 11) is 0. The van der Waals surface area contributed by atoms with E-state index in [-0.39, 0.29) is 24.2 Å². The number of nitrogen functional groups attached to an aromatic ring is 1. The lowest BCUT2D eigenvalue weighted by molar-refractivity contribution is -0.116. The van der Waals surface area contributed by atoms with Crippen LogP contribution in [0.15, 0.2) is 41.5 Å². The Labute approximate surface area is 116 Å². The molecule has 0 aliphatic carbocycles. The molecule has 0 saturated carbocycles. The predicted octanol–water partition coefficient (Wildman–Crippen LogP) is 1.45. The summed E-state index contributed by atoms with van der Waals surface area (Å²) in [6.45, 7) is 3.82. The molecule has 20 heavy (non-hydrogen) atoms. The summed E-state index contributed by atoms with van der Waals surface area (Å²) in [5.41, 5.74) is 6.67. The first-order chi connectivity index (χ1) is 9.47. The lowest BCUT2D eigenvalue weighted by Crippen LogP contribution is -2.29. The number of benzene rings is 1. The van der Waals surface area contributed by atoms with Crippen molar-refractivity contribution in [1.82, 2.24) is 9.13 Å². The molecule has 2 rings (SSSR count). The van der Waals surface area contributed by atoms with E-state index in [1.54, 1.807) is 41.2 Å². The minimum absolute atomic E-state index is 0.0110. The highest BCUT2D eigenvalue weighted by molar-refractivity contribution is 5.90. The minimum Gasteiger partial charge on any atom is -0.399 e. The molecule has 1 heterocycles. The molecule has 3 N–H and O–H groups in total. The summed E-state index contributed by atoms with van der Waals surface area (Å²) < 4.78 is 2.96. The Morgan fingerprint density at radius 1 is 1.25 bits per heavy atom. The molecule has 0 spiro atoms. The van der Waals surface area contributed by atoms with Crippen LogP contribution in [0.25, 0.3) is 0 Å². The lowest BCUT2D eigenvalue weighted by atomic mass is 10.3. The van der Waals surface area contributed by atoms with Gasteiger partial charge in [-0.2, -0.15) is 0 Å². The van der Waals surface area contributed by atoms with E-state index in [2.05, 4.69) is 5.32 Å². The van der Waals surface area contributed by atoms with Crippen molar-refractivity contribution >= 4 is 17.3 Å². The van der Waals surface area contributed by atoms with Crippen molar-refractivity contribution in [2.24, 2.45) is 0 Å². The summed E-state index contributed by atoms with van der Waals surface area (Å²) in [5, 5.41) is 2.72. The van der Waals surface area contributed by atoms with Gasteiger partial charge in [0.05, 0.1) is 0 Å². The van der Waals surface area contributed by atoms with Gasteiger partial charge >= 0.3 is 5.69 Å². The summed E-state index contributed by atoms with van der Waals surface area (Å²) in [4.78, 5) is 23.9. The van der Waals surface area contributed by atoms with Crippen LogP contribution in [-0.4, -0.2) is 15.0 Å². The largest absolute Gasteiger partial charge is 0.399 e. The molecule has 2 aromatic rings. The van der Waals surface area contributed by atoms with Gasteiger partial charge in [-0.05, 0) is 38.1 Å². The summed E-state index contributed by atoms with van der Waals surface area (Å²) in [6, 6.07) is 6.92. The molecular formula is C14H18N4O2. The number of carbonyl (C=O) groups excluding carboxylic acids is 1. The van der Waals surface area contributed by atoms with Gasteiger partial charge in [-0.15, -0.1) is 0 Å². The van der Waals surface area contributed by atoms with Gasteiger partial charge in [0.25, 0.3) is 0 Å². The van der Waals surface area contributed by atoms with E-state index >= 15 is 0 Å². The zero-order chi connectivity index (χ0) is 14.7. The van der Waals surface area contributed by atoms with Crippen LogP contribution in [0.1, 0.15) is 19.9 Å². The van der Waals surface area contributed by atoms with E-state index in [4.69, 9.17) is 5.73 Å². The number of anilines is 2. The number of carbonyl (C=O) groups is 1. The van der Waals surface area contributed by atoms with Crippen molar-refractivity contribution in [3.8, 4) is 0 Å². The lowest BCUT2D eigenvalue weighted by Gasteiger charge is -2.06. The number of amides is 1. The van der Waals surface area contributed by atoms with Gasteiger partial charge in [-0.1, -0.05) is 0 Å². The van der Waals surface area contributed by atoms with Crippen molar-refractivity contribution in [2.45, 2.75) is 26.4 Å². The Morgan fingerprint density at radius 3 is 2.45 bits per heavy atom. The summed E-state index contributed by atoms with van der Waals surface area (Å²) in [5.74, 6) is -0.252. The maximum Gasteiger partial charge on any atom is 0.328 e. The second-order valence-electron chi connectivity index (χ2n) is 4.88. The van der Waals surface area contributed by atoms with E-state index < -0.39 is 0 Å². The Kier molecular flexibility index (Phi) is 3.93. The third-order valence-corrected chi connectivity index (χ3v) is 2.94. The molecule has 0 saturated heterocycles. The van der Waals surface area contributed by atoms with E-state index in [0.717, 1.165) is 0 Å². The zero-order valence-corrected chi connectivity index (χ0v) is 11.5. The first-order valence-corrected chi connectivity index (χ1v) is 6.40. The smallest absolute Gasteiger partial charge is 0.328 e. The van der Waals surface area contributed by atoms with Crippen molar-refractivity contribution in [3.05, 3.63) is 47.1 Å². The molecule has 106 valence electrons. The first kappa shape index (κ1) is 13.9. The van der Waals surface area contributed by atoms with Gasteiger partial charge in [-0.3, -0.25) is 13.9 Å². The quantitative estimate of drug-likeness (QED) is 0.828. The fraction of sp³-hybridized carbons (Fsp3) is 0.286. The van der Waals surface area contributed by atoms with Crippen LogP contribution < -0.4 is 16.7 Å². The molecule has 0 radical (unpaired) electrons. The molecule has 1 aromatic heterocycles. The number of hydrogen-bond acceptors (Lipinski definition) is 3. The van der Waals surface area contributed by atoms with Crippen LogP contribution in [0.2, 0.25) is 0 Å². The van der Waals surface area contributed by atoms with Gasteiger partial charge < -0.3 is 11.1 Å². The summed E-state index contributed by atoms with van der Waals surface area (Å²) in [6.07, 6.45) is 3.30. The maximum atomic E-state index is 12.0. The standard InChI is InChI=1S/C14H18N4O2/c1-10(2)18-8-7-17(14(18)20)9-13(19)16-12-5-3-11(15)4-6-12/h3-8,10H,9,15H2,1-2H3,(H,16,19). The highest BCUT2D eigenvalue weighted by atomic mass is 16.2. The average Bonchev–Trinajstić information content (AvgIpc) is 2.74. The Bertz CT molecular complexity index is 653. The SMILES string of the molecule is CC(C)n1ccn(CC(=O)Nc2ccc(N)cc2)c1=O. The number of nitrogens with two attached hydrogens (primary N) is 1. The van der Waals surface area contributed by atoms with Crippen molar-refractivity contribution < 1.29 is 4.79 Å². The molecule has 0 atom stereocenters. The monoisotopic (exact) mass is 274 g/mol. The van der Waals surface area contributed by atoms with E-state index in [1.807, 2.05) is 13.8 Å². The second-order valence-corrected chi connectivity index (χ2v) is 4.88. The highest BCUT2D eigenvalue weighted by Crippen LogP contribution is 2.10. The Hall–Kier alpha value is -2.50. The first-order valence-electron chi connectivity index (χ1n) is 6.40. The Morgan fingerprint density at radius 2 is 1.90 bits per heavy atom. The van der Waals surface area contributed by atoms with Gasteiger partial charge in [-0.25, -0.2) is 4.79 Å². The van der Waals surface area contributed by atoms with Crippen molar-refractivity contribution in [2.75, 3.05) is 11.1 Å². The topological polar surface area (TPSA) is 82.1 Å². The van der Waals surface area contributed by atoms with Gasteiger partial charge in [0.15, 0.2) is 0 Å². The molecule has 6 nitrogen and oxygen atoms in total. The number of hydrogen-bond donors (Lipinski definition) is 2. The van der Waals surface area contributed by atoms with Crippen LogP contribution in [-0.2, 0) is 11.3 Å². The summed E-state index contributed by atoms with van der Waals surface area (Å²) >= 11 is 0. The Balaban J connectivity index is 2.05. The molecule has 0 unspecified atom stereocenters. The van der Waals surface area contributed by atoms with Crippen molar-refractivity contribution in [3.63, 3.8) is 0 Å². The molecule has 1 aromatic carbocycles. The molecular weight excluding hydrogens is 256 g/mol. The van der Waals surface area contributed by atoms with Gasteiger partial charge in [0, 0.05) is 29.8 Å². The molecule has 0 fully saturated rings. The number of aromatic nitrogens is 2. The van der Waals surface area contributed by atoms with Crippen molar-refractivity contribution in [1.29, 1.82) is 0 Å². The average molecular weight is 274 g/mol. The fourth-order valence-electron chi connectivity index (χ4n) is 1.86. The van der Waals surface area contributed by atoms with Gasteiger partial charge in [0.2, 0.25) is 5.91 Å². The third-order valence-electron chi connectivity index (χ3n) is 2.94.